The van der Waals surface area contributed by atoms with Crippen LogP contribution in [0.25, 0.3) is 0 Å². The summed E-state index contributed by atoms with van der Waals surface area (Å²) in [4.78, 5) is 16.0. The Bertz CT molecular complexity index is 549. The molecule has 0 spiro atoms. The van der Waals surface area contributed by atoms with Crippen LogP contribution in [0.3, 0.4) is 0 Å². The minimum absolute atomic E-state index is 0.0238. The average Bonchev–Trinajstić information content (AvgIpc) is 2.93. The molecule has 1 amide bonds. The Hall–Kier alpha value is -1.68. The summed E-state index contributed by atoms with van der Waals surface area (Å²) in [5.41, 5.74) is 3.48. The molecule has 0 aliphatic heterocycles. The van der Waals surface area contributed by atoms with Crippen molar-refractivity contribution in [2.45, 2.75) is 38.6 Å². The Kier molecular flexibility index (Phi) is 4.55. The maximum atomic E-state index is 12.0. The number of rotatable bonds is 5. The fourth-order valence-electron chi connectivity index (χ4n) is 2.45. The fraction of sp³-hybridized carbons (Fsp3) is 0.375. The molecule has 1 aromatic heterocycles. The molecular weight excluding hydrogens is 268 g/mol. The second-order valence-electron chi connectivity index (χ2n) is 5.70. The van der Waals surface area contributed by atoms with Gasteiger partial charge in [0.15, 0.2) is 0 Å². The molecule has 0 saturated heterocycles. The third-order valence-electron chi connectivity index (χ3n) is 3.41. The number of nitrogens with zero attached hydrogens (tertiary/aromatic N) is 1. The Morgan fingerprint density at radius 2 is 2.05 bits per heavy atom. The van der Waals surface area contributed by atoms with E-state index in [1.165, 1.54) is 16.9 Å². The highest BCUT2D eigenvalue weighted by atomic mass is 32.1. The van der Waals surface area contributed by atoms with Crippen molar-refractivity contribution in [3.05, 3.63) is 52.5 Å². The smallest absolute Gasteiger partial charge is 0.270 e. The van der Waals surface area contributed by atoms with Crippen molar-refractivity contribution in [3.63, 3.8) is 0 Å². The van der Waals surface area contributed by atoms with E-state index >= 15 is 0 Å². The van der Waals surface area contributed by atoms with Gasteiger partial charge in [0, 0.05) is 11.4 Å². The van der Waals surface area contributed by atoms with Gasteiger partial charge in [0.2, 0.25) is 0 Å². The number of hydrogen-bond donors (Lipinski definition) is 1. The van der Waals surface area contributed by atoms with Gasteiger partial charge in [-0.15, -0.1) is 11.3 Å². The largest absolute Gasteiger partial charge is 0.348 e. The number of hydrogen-bond acceptors (Lipinski definition) is 3. The van der Waals surface area contributed by atoms with Crippen LogP contribution >= 0.6 is 11.3 Å². The molecule has 1 heterocycles. The molecule has 0 saturated carbocycles. The van der Waals surface area contributed by atoms with Gasteiger partial charge in [0.1, 0.15) is 5.69 Å². The van der Waals surface area contributed by atoms with Crippen molar-refractivity contribution in [2.75, 3.05) is 0 Å². The topological polar surface area (TPSA) is 42.0 Å². The second-order valence-corrected chi connectivity index (χ2v) is 6.42. The van der Waals surface area contributed by atoms with E-state index in [2.05, 4.69) is 48.4 Å². The van der Waals surface area contributed by atoms with E-state index in [1.807, 2.05) is 13.0 Å². The van der Waals surface area contributed by atoms with Crippen LogP contribution in [0.2, 0.25) is 0 Å². The Morgan fingerprint density at radius 3 is 2.65 bits per heavy atom. The molecule has 0 aliphatic carbocycles. The lowest BCUT2D eigenvalue weighted by Crippen LogP contribution is -2.37. The zero-order valence-corrected chi connectivity index (χ0v) is 12.9. The Labute approximate surface area is 124 Å². The second kappa shape index (κ2) is 6.18. The average molecular weight is 288 g/mol. The molecule has 0 bridgehead atoms. The van der Waals surface area contributed by atoms with Crippen LogP contribution < -0.4 is 5.32 Å². The van der Waals surface area contributed by atoms with Crippen molar-refractivity contribution in [2.24, 2.45) is 0 Å². The van der Waals surface area contributed by atoms with E-state index in [0.29, 0.717) is 5.69 Å². The van der Waals surface area contributed by atoms with Crippen molar-refractivity contribution in [3.8, 4) is 0 Å². The first-order chi connectivity index (χ1) is 9.49. The van der Waals surface area contributed by atoms with Gasteiger partial charge in [-0.25, -0.2) is 4.98 Å². The van der Waals surface area contributed by atoms with Crippen LogP contribution in [-0.2, 0) is 5.41 Å². The maximum absolute atomic E-state index is 12.0. The zero-order valence-electron chi connectivity index (χ0n) is 12.1. The number of thiazole rings is 1. The predicted octanol–water partition coefficient (Wildman–Crippen LogP) is 3.63. The molecular formula is C16H20N2OS. The predicted molar refractivity (Wildman–Crippen MR) is 83.1 cm³/mol. The van der Waals surface area contributed by atoms with E-state index in [4.69, 9.17) is 0 Å². The first kappa shape index (κ1) is 14.7. The molecule has 1 aromatic carbocycles. The van der Waals surface area contributed by atoms with E-state index < -0.39 is 0 Å². The molecule has 1 N–H and O–H groups in total. The summed E-state index contributed by atoms with van der Waals surface area (Å²) in [6, 6.07) is 10.5. The minimum atomic E-state index is -0.0948. The van der Waals surface area contributed by atoms with Gasteiger partial charge >= 0.3 is 0 Å². The van der Waals surface area contributed by atoms with Gasteiger partial charge in [-0.05, 0) is 24.3 Å². The van der Waals surface area contributed by atoms with Crippen LogP contribution in [0.5, 0.6) is 0 Å². The lowest BCUT2D eigenvalue weighted by Gasteiger charge is -2.29. The van der Waals surface area contributed by atoms with E-state index in [0.717, 1.165) is 6.42 Å². The molecule has 4 heteroatoms. The van der Waals surface area contributed by atoms with E-state index in [9.17, 15) is 4.79 Å². The number of nitrogens with one attached hydrogen (secondary N) is 1. The van der Waals surface area contributed by atoms with Gasteiger partial charge in [-0.2, -0.15) is 0 Å². The fourth-order valence-corrected chi connectivity index (χ4v) is 2.98. The number of carbonyl (C=O) groups is 1. The summed E-state index contributed by atoms with van der Waals surface area (Å²) in [6.07, 6.45) is 0.882. The molecule has 0 radical (unpaired) electrons. The molecule has 3 nitrogen and oxygen atoms in total. The van der Waals surface area contributed by atoms with Gasteiger partial charge in [0.25, 0.3) is 5.91 Å². The molecule has 2 rings (SSSR count). The zero-order chi connectivity index (χ0) is 14.6. The lowest BCUT2D eigenvalue weighted by atomic mass is 9.79. The third kappa shape index (κ3) is 3.67. The number of benzene rings is 1. The summed E-state index contributed by atoms with van der Waals surface area (Å²) in [7, 11) is 0. The molecule has 20 heavy (non-hydrogen) atoms. The van der Waals surface area contributed by atoms with Crippen molar-refractivity contribution < 1.29 is 4.79 Å². The van der Waals surface area contributed by atoms with Crippen molar-refractivity contribution in [1.82, 2.24) is 10.3 Å². The monoisotopic (exact) mass is 288 g/mol. The third-order valence-corrected chi connectivity index (χ3v) is 4.00. The molecule has 0 fully saturated rings. The summed E-state index contributed by atoms with van der Waals surface area (Å²) >= 11 is 1.43. The number of carbonyl (C=O) groups excluding carboxylic acids is 1. The molecule has 106 valence electrons. The van der Waals surface area contributed by atoms with Crippen LogP contribution in [0, 0.1) is 0 Å². The molecule has 0 aliphatic rings. The highest BCUT2D eigenvalue weighted by Gasteiger charge is 2.24. The highest BCUT2D eigenvalue weighted by molar-refractivity contribution is 7.07. The van der Waals surface area contributed by atoms with Crippen LogP contribution in [-0.4, -0.2) is 16.9 Å². The Morgan fingerprint density at radius 1 is 1.35 bits per heavy atom. The van der Waals surface area contributed by atoms with Crippen LogP contribution in [0.1, 0.15) is 43.2 Å². The van der Waals surface area contributed by atoms with Gasteiger partial charge in [0.05, 0.1) is 5.51 Å². The first-order valence-electron chi connectivity index (χ1n) is 6.73. The summed E-state index contributed by atoms with van der Waals surface area (Å²) < 4.78 is 0. The standard InChI is InChI=1S/C16H20N2OS/c1-12(18-15(19)14-10-20-11-17-14)9-16(2,3)13-7-5-4-6-8-13/h4-8,10-12H,9H2,1-3H3,(H,18,19). The molecule has 1 atom stereocenters. The molecule has 1 unspecified atom stereocenters. The van der Waals surface area contributed by atoms with Crippen molar-refractivity contribution in [1.29, 1.82) is 0 Å². The summed E-state index contributed by atoms with van der Waals surface area (Å²) in [5.74, 6) is -0.0948. The van der Waals surface area contributed by atoms with Crippen molar-refractivity contribution >= 4 is 17.2 Å². The molecule has 2 aromatic rings. The van der Waals surface area contributed by atoms with Crippen LogP contribution in [0.15, 0.2) is 41.2 Å². The first-order valence-corrected chi connectivity index (χ1v) is 7.68. The van der Waals surface area contributed by atoms with Gasteiger partial charge in [-0.1, -0.05) is 44.2 Å². The van der Waals surface area contributed by atoms with Gasteiger partial charge < -0.3 is 5.32 Å². The van der Waals surface area contributed by atoms with Gasteiger partial charge in [-0.3, -0.25) is 4.79 Å². The van der Waals surface area contributed by atoms with E-state index in [-0.39, 0.29) is 17.4 Å². The maximum Gasteiger partial charge on any atom is 0.270 e. The summed E-state index contributed by atoms with van der Waals surface area (Å²) in [6.45, 7) is 6.44. The van der Waals surface area contributed by atoms with E-state index in [1.54, 1.807) is 10.9 Å². The lowest BCUT2D eigenvalue weighted by molar-refractivity contribution is 0.0930. The Balaban J connectivity index is 1.97. The number of amides is 1. The quantitative estimate of drug-likeness (QED) is 0.913. The SMILES string of the molecule is CC(CC(C)(C)c1ccccc1)NC(=O)c1cscn1. The normalized spacial score (nSPS) is 12.9. The minimum Gasteiger partial charge on any atom is -0.348 e. The summed E-state index contributed by atoms with van der Waals surface area (Å²) in [5, 5.41) is 4.78. The van der Waals surface area contributed by atoms with Crippen LogP contribution in [0.4, 0.5) is 0 Å². The number of aromatic nitrogens is 1. The highest BCUT2D eigenvalue weighted by Crippen LogP contribution is 2.28.